The van der Waals surface area contributed by atoms with Gasteiger partial charge in [-0.3, -0.25) is 0 Å². The van der Waals surface area contributed by atoms with Gasteiger partial charge >= 0.3 is 0 Å². The fraction of sp³-hybridized carbons (Fsp3) is 0. The van der Waals surface area contributed by atoms with Gasteiger partial charge in [-0.05, 0) is 176 Å². The van der Waals surface area contributed by atoms with E-state index >= 15 is 0 Å². The highest BCUT2D eigenvalue weighted by Crippen LogP contribution is 2.47. The maximum absolute atomic E-state index is 6.61. The lowest BCUT2D eigenvalue weighted by molar-refractivity contribution is 0.669. The molecule has 0 atom stereocenters. The van der Waals surface area contributed by atoms with Crippen LogP contribution in [0.5, 0.6) is 0 Å². The molecular formula is C80H51N3OS. The Morgan fingerprint density at radius 1 is 0.247 bits per heavy atom. The van der Waals surface area contributed by atoms with E-state index in [1.54, 1.807) is 0 Å². The van der Waals surface area contributed by atoms with Crippen LogP contribution in [0, 0.1) is 0 Å². The summed E-state index contributed by atoms with van der Waals surface area (Å²) in [7, 11) is 0. The normalized spacial score (nSPS) is 11.8. The smallest absolute Gasteiger partial charge is 0.137 e. The average molecular weight is 1100 g/mol. The number of thiophene rings is 1. The number of fused-ring (bicyclic) bond motifs is 12. The number of furan rings is 1. The topological polar surface area (TPSA) is 24.6 Å². The van der Waals surface area contributed by atoms with Crippen molar-refractivity contribution in [2.45, 2.75) is 0 Å². The Morgan fingerprint density at radius 3 is 1.54 bits per heavy atom. The molecule has 0 radical (unpaired) electrons. The predicted molar refractivity (Wildman–Crippen MR) is 362 cm³/mol. The summed E-state index contributed by atoms with van der Waals surface area (Å²) in [5, 5.41) is 12.0. The van der Waals surface area contributed by atoms with Gasteiger partial charge in [-0.2, -0.15) is 0 Å². The van der Waals surface area contributed by atoms with E-state index < -0.39 is 0 Å². The second kappa shape index (κ2) is 19.9. The number of hydrogen-bond donors (Lipinski definition) is 0. The SMILES string of the molecule is c1ccc(-c2cc(-c3ccccc3)cc(N(c3cccc(N(c4ccc5c(ccc6ccccc65)c4)c4ccc5c(c4)oc4ccccc45)c3)c3ccc4sc5ccc(-c6ccc7c8ccccc8n(-c8ccccc8)c7c6)cc5c4c3)c2)cc1. The molecule has 0 aliphatic carbocycles. The molecule has 17 aromatic rings. The maximum atomic E-state index is 6.61. The van der Waals surface area contributed by atoms with Crippen LogP contribution in [0.15, 0.2) is 314 Å². The predicted octanol–water partition coefficient (Wildman–Crippen LogP) is 23.3. The van der Waals surface area contributed by atoms with E-state index in [4.69, 9.17) is 4.42 Å². The number of anilines is 6. The molecule has 4 nitrogen and oxygen atoms in total. The van der Waals surface area contributed by atoms with Crippen LogP contribution in [0.2, 0.25) is 0 Å². The molecule has 0 aliphatic heterocycles. The summed E-state index contributed by atoms with van der Waals surface area (Å²) in [6.45, 7) is 0. The van der Waals surface area contributed by atoms with Crippen molar-refractivity contribution in [2.24, 2.45) is 0 Å². The summed E-state index contributed by atoms with van der Waals surface area (Å²) in [6, 6.07) is 113. The largest absolute Gasteiger partial charge is 0.456 e. The zero-order chi connectivity index (χ0) is 56.0. The van der Waals surface area contributed by atoms with Gasteiger partial charge in [-0.15, -0.1) is 11.3 Å². The molecule has 0 saturated heterocycles. The third-order valence-corrected chi connectivity index (χ3v) is 18.2. The molecule has 0 bridgehead atoms. The van der Waals surface area contributed by atoms with Gasteiger partial charge in [0.2, 0.25) is 0 Å². The summed E-state index contributed by atoms with van der Waals surface area (Å²) in [5.74, 6) is 0. The summed E-state index contributed by atoms with van der Waals surface area (Å²) < 4.78 is 11.5. The highest BCUT2D eigenvalue weighted by atomic mass is 32.1. The van der Waals surface area contributed by atoms with Crippen LogP contribution < -0.4 is 9.80 Å². The molecule has 0 spiro atoms. The van der Waals surface area contributed by atoms with Gasteiger partial charge in [0, 0.05) is 87.6 Å². The Bertz CT molecular complexity index is 5390. The molecule has 0 N–H and O–H groups in total. The Morgan fingerprint density at radius 2 is 0.765 bits per heavy atom. The van der Waals surface area contributed by atoms with Crippen LogP contribution in [0.25, 0.3) is 125 Å². The van der Waals surface area contributed by atoms with Gasteiger partial charge in [-0.1, -0.05) is 182 Å². The van der Waals surface area contributed by atoms with Gasteiger partial charge < -0.3 is 18.8 Å². The van der Waals surface area contributed by atoms with Crippen molar-refractivity contribution in [3.8, 4) is 39.1 Å². The van der Waals surface area contributed by atoms with E-state index in [2.05, 4.69) is 318 Å². The lowest BCUT2D eigenvalue weighted by Gasteiger charge is -2.30. The van der Waals surface area contributed by atoms with Crippen molar-refractivity contribution in [3.63, 3.8) is 0 Å². The van der Waals surface area contributed by atoms with Crippen molar-refractivity contribution in [2.75, 3.05) is 9.80 Å². The minimum Gasteiger partial charge on any atom is -0.456 e. The fourth-order valence-electron chi connectivity index (χ4n) is 13.1. The molecule has 85 heavy (non-hydrogen) atoms. The van der Waals surface area contributed by atoms with Gasteiger partial charge in [0.1, 0.15) is 11.2 Å². The third kappa shape index (κ3) is 8.35. The lowest BCUT2D eigenvalue weighted by atomic mass is 9.97. The quantitative estimate of drug-likeness (QED) is 0.128. The molecule has 5 heteroatoms. The van der Waals surface area contributed by atoms with E-state index in [1.165, 1.54) is 74.6 Å². The third-order valence-electron chi connectivity index (χ3n) is 17.1. The Labute approximate surface area is 495 Å². The molecule has 0 saturated carbocycles. The average Bonchev–Trinajstić information content (AvgIpc) is 4.31. The molecule has 0 amide bonds. The first-order valence-electron chi connectivity index (χ1n) is 28.9. The number of rotatable bonds is 10. The molecule has 0 fully saturated rings. The molecule has 14 aromatic carbocycles. The van der Waals surface area contributed by atoms with Crippen molar-refractivity contribution in [1.29, 1.82) is 0 Å². The van der Waals surface area contributed by atoms with Crippen LogP contribution in [0.1, 0.15) is 0 Å². The summed E-state index contributed by atoms with van der Waals surface area (Å²) in [5.41, 5.74) is 18.4. The van der Waals surface area contributed by atoms with Crippen molar-refractivity contribution >= 4 is 131 Å². The molecule has 17 rings (SSSR count). The zero-order valence-electron chi connectivity index (χ0n) is 46.1. The van der Waals surface area contributed by atoms with E-state index in [1.807, 2.05) is 17.4 Å². The summed E-state index contributed by atoms with van der Waals surface area (Å²) in [6.07, 6.45) is 0. The Hall–Kier alpha value is -11.0. The maximum Gasteiger partial charge on any atom is 0.137 e. The van der Waals surface area contributed by atoms with Gasteiger partial charge in [-0.25, -0.2) is 0 Å². The van der Waals surface area contributed by atoms with Gasteiger partial charge in [0.25, 0.3) is 0 Å². The fourth-order valence-corrected chi connectivity index (χ4v) is 14.1. The summed E-state index contributed by atoms with van der Waals surface area (Å²) >= 11 is 1.85. The van der Waals surface area contributed by atoms with Crippen LogP contribution >= 0.6 is 11.3 Å². The number of benzene rings is 14. The minimum atomic E-state index is 0.842. The van der Waals surface area contributed by atoms with E-state index in [0.717, 1.165) is 84.0 Å². The van der Waals surface area contributed by atoms with Crippen molar-refractivity contribution in [3.05, 3.63) is 309 Å². The second-order valence-electron chi connectivity index (χ2n) is 22.1. The lowest BCUT2D eigenvalue weighted by Crippen LogP contribution is -2.13. The highest BCUT2D eigenvalue weighted by molar-refractivity contribution is 7.25. The molecular weight excluding hydrogens is 1050 g/mol. The molecule has 0 aliphatic rings. The molecule has 3 heterocycles. The van der Waals surface area contributed by atoms with E-state index in [-0.39, 0.29) is 0 Å². The number of aromatic nitrogens is 1. The Balaban J connectivity index is 0.863. The van der Waals surface area contributed by atoms with Gasteiger partial charge in [0.05, 0.1) is 11.0 Å². The van der Waals surface area contributed by atoms with E-state index in [9.17, 15) is 0 Å². The van der Waals surface area contributed by atoms with E-state index in [0.29, 0.717) is 0 Å². The zero-order valence-corrected chi connectivity index (χ0v) is 46.9. The Kier molecular flexibility index (Phi) is 11.4. The number of nitrogens with zero attached hydrogens (tertiary/aromatic N) is 3. The van der Waals surface area contributed by atoms with Crippen molar-refractivity contribution < 1.29 is 4.42 Å². The van der Waals surface area contributed by atoms with Crippen LogP contribution in [-0.4, -0.2) is 4.57 Å². The second-order valence-corrected chi connectivity index (χ2v) is 23.2. The van der Waals surface area contributed by atoms with Crippen molar-refractivity contribution in [1.82, 2.24) is 4.57 Å². The number of para-hydroxylation sites is 3. The number of hydrogen-bond acceptors (Lipinski definition) is 4. The van der Waals surface area contributed by atoms with Crippen LogP contribution in [-0.2, 0) is 0 Å². The van der Waals surface area contributed by atoms with Crippen LogP contribution in [0.3, 0.4) is 0 Å². The standard InChI is InChI=1S/C80H51N3OS/c1-4-17-52(18-5-1)58-43-59(53-19-6-2-7-20-53)46-66(45-58)82(64-37-42-80-74(50-64)73-47-55(34-41-79(73)85-80)56-33-38-70-69-27-12-14-29-75(69)83(76(70)48-56)60-22-8-3-9-23-60)62-25-16-24-61(49-62)81(65-36-40-72-71-28-13-15-30-77(71)84-78(72)51-65)63-35-39-68-57(44-63)32-31-54-21-10-11-26-67(54)68/h1-51H. The monoisotopic (exact) mass is 1100 g/mol. The first-order chi connectivity index (χ1) is 42.1. The molecule has 3 aromatic heterocycles. The van der Waals surface area contributed by atoms with Gasteiger partial charge in [0.15, 0.2) is 0 Å². The summed E-state index contributed by atoms with van der Waals surface area (Å²) in [4.78, 5) is 4.84. The molecule has 0 unspecified atom stereocenters. The first-order valence-corrected chi connectivity index (χ1v) is 29.8. The molecule has 398 valence electrons. The highest BCUT2D eigenvalue weighted by Gasteiger charge is 2.23. The minimum absolute atomic E-state index is 0.842. The first kappa shape index (κ1) is 48.7. The van der Waals surface area contributed by atoms with Crippen LogP contribution in [0.4, 0.5) is 34.1 Å².